The quantitative estimate of drug-likeness (QED) is 0.765. The lowest BCUT2D eigenvalue weighted by Crippen LogP contribution is -2.61. The van der Waals surface area contributed by atoms with Crippen molar-refractivity contribution in [1.29, 1.82) is 0 Å². The molecule has 4 nitrogen and oxygen atoms in total. The molecule has 4 rings (SSSR count). The van der Waals surface area contributed by atoms with Crippen molar-refractivity contribution in [2.75, 3.05) is 0 Å². The first-order valence-electron chi connectivity index (χ1n) is 9.91. The minimum absolute atomic E-state index is 0.0109. The van der Waals surface area contributed by atoms with Gasteiger partial charge in [0.25, 0.3) is 0 Å². The van der Waals surface area contributed by atoms with E-state index < -0.39 is 5.97 Å². The van der Waals surface area contributed by atoms with Crippen molar-refractivity contribution >= 4 is 11.9 Å². The van der Waals surface area contributed by atoms with Crippen LogP contribution < -0.4 is 5.32 Å². The molecule has 0 aromatic carbocycles. The normalized spacial score (nSPS) is 54.2. The van der Waals surface area contributed by atoms with E-state index in [9.17, 15) is 14.7 Å². The van der Waals surface area contributed by atoms with E-state index in [1.807, 2.05) is 0 Å². The number of amides is 1. The van der Waals surface area contributed by atoms with Gasteiger partial charge in [0.05, 0.1) is 5.92 Å². The van der Waals surface area contributed by atoms with E-state index in [-0.39, 0.29) is 34.6 Å². The molecule has 9 atom stereocenters. The molecule has 1 amide bonds. The molecule has 3 saturated carbocycles. The number of fused-ring (bicyclic) bond motifs is 5. The SMILES string of the molecule is CC1C[C@H]2NC(=O)C=CC2(C)C2CCC3(C)C(CC(C)C3C(=O)O)C12. The zero-order valence-corrected chi connectivity index (χ0v) is 15.8. The number of carboxylic acid groups (broad SMARTS) is 1. The average molecular weight is 345 g/mol. The minimum atomic E-state index is -0.603. The van der Waals surface area contributed by atoms with Crippen molar-refractivity contribution in [1.82, 2.24) is 5.32 Å². The minimum Gasteiger partial charge on any atom is -0.481 e. The molecule has 3 aliphatic carbocycles. The third-order valence-electron chi connectivity index (χ3n) is 8.67. The third kappa shape index (κ3) is 2.18. The second kappa shape index (κ2) is 5.34. The van der Waals surface area contributed by atoms with Crippen LogP contribution in [0.3, 0.4) is 0 Å². The van der Waals surface area contributed by atoms with Crippen molar-refractivity contribution in [2.24, 2.45) is 46.3 Å². The molecule has 4 heteroatoms. The first-order chi connectivity index (χ1) is 11.7. The van der Waals surface area contributed by atoms with Crippen LogP contribution in [0.5, 0.6) is 0 Å². The standard InChI is InChI=1S/C21H31NO3/c1-11-10-15-20(3,8-6-16(23)22-15)13-5-7-21(4)14(17(11)13)9-12(2)18(21)19(24)25/h6,8,11-15,17-18H,5,7,9-10H2,1-4H3,(H,22,23)(H,24,25)/t11?,12?,13?,14?,15-,17?,18?,20?,21?/m1/s1. The Morgan fingerprint density at radius 1 is 1.20 bits per heavy atom. The predicted molar refractivity (Wildman–Crippen MR) is 95.7 cm³/mol. The highest BCUT2D eigenvalue weighted by molar-refractivity contribution is 5.89. The summed E-state index contributed by atoms with van der Waals surface area (Å²) in [6.45, 7) is 9.02. The van der Waals surface area contributed by atoms with E-state index in [4.69, 9.17) is 0 Å². The molecular weight excluding hydrogens is 314 g/mol. The number of rotatable bonds is 1. The van der Waals surface area contributed by atoms with E-state index in [1.165, 1.54) is 0 Å². The maximum atomic E-state index is 12.0. The number of nitrogens with one attached hydrogen (secondary N) is 1. The number of carboxylic acids is 1. The van der Waals surface area contributed by atoms with Crippen LogP contribution in [0.25, 0.3) is 0 Å². The second-order valence-corrected chi connectivity index (χ2v) is 9.84. The highest BCUT2D eigenvalue weighted by Crippen LogP contribution is 2.67. The van der Waals surface area contributed by atoms with Crippen LogP contribution in [-0.2, 0) is 9.59 Å². The number of carbonyl (C=O) groups excluding carboxylic acids is 1. The molecule has 4 aliphatic rings. The molecule has 1 heterocycles. The lowest BCUT2D eigenvalue weighted by molar-refractivity contribution is -0.153. The van der Waals surface area contributed by atoms with Crippen LogP contribution in [0, 0.1) is 46.3 Å². The second-order valence-electron chi connectivity index (χ2n) is 9.84. The van der Waals surface area contributed by atoms with Crippen molar-refractivity contribution in [3.8, 4) is 0 Å². The topological polar surface area (TPSA) is 66.4 Å². The monoisotopic (exact) mass is 345 g/mol. The van der Waals surface area contributed by atoms with Crippen LogP contribution >= 0.6 is 0 Å². The van der Waals surface area contributed by atoms with Gasteiger partial charge in [0.2, 0.25) is 5.91 Å². The summed E-state index contributed by atoms with van der Waals surface area (Å²) in [5, 5.41) is 13.1. The van der Waals surface area contributed by atoms with E-state index in [1.54, 1.807) is 6.08 Å². The summed E-state index contributed by atoms with van der Waals surface area (Å²) >= 11 is 0. The smallest absolute Gasteiger partial charge is 0.307 e. The Balaban J connectivity index is 1.73. The largest absolute Gasteiger partial charge is 0.481 e. The summed E-state index contributed by atoms with van der Waals surface area (Å²) in [5.74, 6) is 1.59. The number of aliphatic carboxylic acids is 1. The van der Waals surface area contributed by atoms with Gasteiger partial charge in [0, 0.05) is 11.5 Å². The van der Waals surface area contributed by atoms with Gasteiger partial charge in [-0.25, -0.2) is 0 Å². The summed E-state index contributed by atoms with van der Waals surface area (Å²) in [7, 11) is 0. The fourth-order valence-corrected chi connectivity index (χ4v) is 7.58. The van der Waals surface area contributed by atoms with Crippen molar-refractivity contribution < 1.29 is 14.7 Å². The highest BCUT2D eigenvalue weighted by Gasteiger charge is 2.64. The van der Waals surface area contributed by atoms with Gasteiger partial charge in [-0.15, -0.1) is 0 Å². The van der Waals surface area contributed by atoms with Gasteiger partial charge in [0.15, 0.2) is 0 Å². The van der Waals surface area contributed by atoms with Gasteiger partial charge in [-0.2, -0.15) is 0 Å². The summed E-state index contributed by atoms with van der Waals surface area (Å²) in [4.78, 5) is 23.8. The predicted octanol–water partition coefficient (Wildman–Crippen LogP) is 3.48. The Hall–Kier alpha value is -1.32. The third-order valence-corrected chi connectivity index (χ3v) is 8.67. The summed E-state index contributed by atoms with van der Waals surface area (Å²) in [6.07, 6.45) is 8.00. The zero-order chi connectivity index (χ0) is 18.1. The summed E-state index contributed by atoms with van der Waals surface area (Å²) < 4.78 is 0. The lowest BCUT2D eigenvalue weighted by Gasteiger charge is -2.60. The fraction of sp³-hybridized carbons (Fsp3) is 0.810. The first-order valence-corrected chi connectivity index (χ1v) is 9.91. The Bertz CT molecular complexity index is 643. The first kappa shape index (κ1) is 17.1. The number of hydrogen-bond donors (Lipinski definition) is 2. The van der Waals surface area contributed by atoms with Crippen LogP contribution in [0.15, 0.2) is 12.2 Å². The van der Waals surface area contributed by atoms with Gasteiger partial charge >= 0.3 is 5.97 Å². The summed E-state index contributed by atoms with van der Waals surface area (Å²) in [5.41, 5.74) is -0.0670. The number of carbonyl (C=O) groups is 2. The molecule has 138 valence electrons. The maximum absolute atomic E-state index is 12.0. The Morgan fingerprint density at radius 2 is 1.92 bits per heavy atom. The van der Waals surface area contributed by atoms with Crippen LogP contribution in [0.1, 0.15) is 53.4 Å². The Morgan fingerprint density at radius 3 is 2.60 bits per heavy atom. The highest BCUT2D eigenvalue weighted by atomic mass is 16.4. The van der Waals surface area contributed by atoms with E-state index in [0.29, 0.717) is 23.7 Å². The zero-order valence-electron chi connectivity index (χ0n) is 15.8. The summed E-state index contributed by atoms with van der Waals surface area (Å²) in [6, 6.07) is 0.222. The molecule has 0 radical (unpaired) electrons. The molecule has 1 aliphatic heterocycles. The van der Waals surface area contributed by atoms with Crippen LogP contribution in [-0.4, -0.2) is 23.0 Å². The van der Waals surface area contributed by atoms with Gasteiger partial charge in [-0.05, 0) is 66.8 Å². The maximum Gasteiger partial charge on any atom is 0.307 e. The lowest BCUT2D eigenvalue weighted by atomic mass is 9.45. The van der Waals surface area contributed by atoms with Crippen LogP contribution in [0.2, 0.25) is 0 Å². The van der Waals surface area contributed by atoms with E-state index >= 15 is 0 Å². The molecule has 25 heavy (non-hydrogen) atoms. The van der Waals surface area contributed by atoms with Gasteiger partial charge in [-0.1, -0.05) is 33.8 Å². The molecule has 3 fully saturated rings. The van der Waals surface area contributed by atoms with Crippen molar-refractivity contribution in [3.05, 3.63) is 12.2 Å². The van der Waals surface area contributed by atoms with Gasteiger partial charge in [-0.3, -0.25) is 9.59 Å². The van der Waals surface area contributed by atoms with E-state index in [2.05, 4.69) is 39.1 Å². The Labute approximate surface area is 150 Å². The van der Waals surface area contributed by atoms with Gasteiger partial charge < -0.3 is 10.4 Å². The van der Waals surface area contributed by atoms with Gasteiger partial charge in [0.1, 0.15) is 0 Å². The fourth-order valence-electron chi connectivity index (χ4n) is 7.58. The Kier molecular flexibility index (Phi) is 3.66. The molecule has 0 spiro atoms. The molecule has 0 aromatic heterocycles. The van der Waals surface area contributed by atoms with Crippen molar-refractivity contribution in [2.45, 2.75) is 59.4 Å². The molecule has 2 N–H and O–H groups in total. The van der Waals surface area contributed by atoms with Crippen LogP contribution in [0.4, 0.5) is 0 Å². The molecule has 0 aromatic rings. The average Bonchev–Trinajstić information content (AvgIpc) is 2.79. The molecule has 8 unspecified atom stereocenters. The number of hydrogen-bond acceptors (Lipinski definition) is 2. The van der Waals surface area contributed by atoms with E-state index in [0.717, 1.165) is 25.7 Å². The molecular formula is C21H31NO3. The molecule has 0 bridgehead atoms. The molecule has 0 saturated heterocycles. The van der Waals surface area contributed by atoms with Crippen molar-refractivity contribution in [3.63, 3.8) is 0 Å².